The standard InChI is InChI=1S/C14H12F2/c1-10-2-4-11(5-3-10)8-12-6-7-13(15)9-14(12)16/h2-7,9H,8H2,1H3. The van der Waals surface area contributed by atoms with Crippen molar-refractivity contribution in [2.45, 2.75) is 13.3 Å². The van der Waals surface area contributed by atoms with Crippen molar-refractivity contribution in [3.63, 3.8) is 0 Å². The van der Waals surface area contributed by atoms with Crippen LogP contribution in [-0.2, 0) is 6.42 Å². The predicted octanol–water partition coefficient (Wildman–Crippen LogP) is 3.86. The van der Waals surface area contributed by atoms with Crippen molar-refractivity contribution in [3.05, 3.63) is 70.8 Å². The number of halogens is 2. The maximum atomic E-state index is 13.4. The molecule has 2 rings (SSSR count). The van der Waals surface area contributed by atoms with Gasteiger partial charge in [-0.25, -0.2) is 8.78 Å². The Labute approximate surface area is 93.5 Å². The van der Waals surface area contributed by atoms with Crippen molar-refractivity contribution in [1.29, 1.82) is 0 Å². The molecule has 0 aliphatic heterocycles. The Morgan fingerprint density at radius 2 is 1.62 bits per heavy atom. The van der Waals surface area contributed by atoms with Crippen LogP contribution in [0.1, 0.15) is 16.7 Å². The molecule has 2 heteroatoms. The summed E-state index contributed by atoms with van der Waals surface area (Å²) in [5.74, 6) is -1.02. The Bertz CT molecular complexity index is 487. The molecule has 0 aliphatic carbocycles. The van der Waals surface area contributed by atoms with E-state index in [2.05, 4.69) is 0 Å². The van der Waals surface area contributed by atoms with Gasteiger partial charge in [-0.05, 0) is 24.1 Å². The van der Waals surface area contributed by atoms with Crippen LogP contribution in [0.3, 0.4) is 0 Å². The van der Waals surface area contributed by atoms with Crippen molar-refractivity contribution >= 4 is 0 Å². The van der Waals surface area contributed by atoms with Crippen LogP contribution in [-0.4, -0.2) is 0 Å². The Kier molecular flexibility index (Phi) is 3.00. The quantitative estimate of drug-likeness (QED) is 0.718. The van der Waals surface area contributed by atoms with Crippen LogP contribution in [0.4, 0.5) is 8.78 Å². The molecule has 0 heterocycles. The number of aryl methyl sites for hydroxylation is 1. The van der Waals surface area contributed by atoms with E-state index in [1.54, 1.807) is 0 Å². The Hall–Kier alpha value is -1.70. The maximum Gasteiger partial charge on any atom is 0.129 e. The van der Waals surface area contributed by atoms with E-state index in [0.29, 0.717) is 12.0 Å². The summed E-state index contributed by atoms with van der Waals surface area (Å²) in [5, 5.41) is 0. The van der Waals surface area contributed by atoms with Gasteiger partial charge in [-0.3, -0.25) is 0 Å². The first-order valence-corrected chi connectivity index (χ1v) is 5.14. The summed E-state index contributed by atoms with van der Waals surface area (Å²) in [6.07, 6.45) is 0.492. The lowest BCUT2D eigenvalue weighted by atomic mass is 10.0. The lowest BCUT2D eigenvalue weighted by molar-refractivity contribution is 0.574. The van der Waals surface area contributed by atoms with Gasteiger partial charge in [0, 0.05) is 12.5 Å². The second kappa shape index (κ2) is 4.44. The Morgan fingerprint density at radius 1 is 0.938 bits per heavy atom. The van der Waals surface area contributed by atoms with Crippen LogP contribution in [0.15, 0.2) is 42.5 Å². The minimum absolute atomic E-state index is 0.486. The highest BCUT2D eigenvalue weighted by Gasteiger charge is 2.04. The smallest absolute Gasteiger partial charge is 0.129 e. The van der Waals surface area contributed by atoms with Gasteiger partial charge in [0.25, 0.3) is 0 Å². The number of benzene rings is 2. The van der Waals surface area contributed by atoms with Gasteiger partial charge in [-0.2, -0.15) is 0 Å². The normalized spacial score (nSPS) is 10.4. The van der Waals surface area contributed by atoms with Gasteiger partial charge in [-0.15, -0.1) is 0 Å². The molecule has 0 aromatic heterocycles. The van der Waals surface area contributed by atoms with E-state index in [9.17, 15) is 8.78 Å². The average Bonchev–Trinajstić information content (AvgIpc) is 2.25. The van der Waals surface area contributed by atoms with Crippen molar-refractivity contribution in [2.75, 3.05) is 0 Å². The van der Waals surface area contributed by atoms with E-state index in [4.69, 9.17) is 0 Å². The molecule has 0 atom stereocenters. The van der Waals surface area contributed by atoms with Gasteiger partial charge < -0.3 is 0 Å². The van der Waals surface area contributed by atoms with Crippen molar-refractivity contribution in [3.8, 4) is 0 Å². The second-order valence-electron chi connectivity index (χ2n) is 3.90. The lowest BCUT2D eigenvalue weighted by Crippen LogP contribution is -1.93. The molecule has 0 spiro atoms. The number of hydrogen-bond donors (Lipinski definition) is 0. The molecule has 0 radical (unpaired) electrons. The predicted molar refractivity (Wildman–Crippen MR) is 60.3 cm³/mol. The molecule has 2 aromatic carbocycles. The molecule has 0 fully saturated rings. The summed E-state index contributed by atoms with van der Waals surface area (Å²) < 4.78 is 26.1. The summed E-state index contributed by atoms with van der Waals surface area (Å²) in [6, 6.07) is 11.6. The van der Waals surface area contributed by atoms with E-state index in [1.807, 2.05) is 31.2 Å². The summed E-state index contributed by atoms with van der Waals surface area (Å²) in [5.41, 5.74) is 2.71. The zero-order chi connectivity index (χ0) is 11.5. The molecule has 0 N–H and O–H groups in total. The monoisotopic (exact) mass is 218 g/mol. The van der Waals surface area contributed by atoms with E-state index >= 15 is 0 Å². The van der Waals surface area contributed by atoms with E-state index in [1.165, 1.54) is 17.7 Å². The molecule has 0 bridgehead atoms. The average molecular weight is 218 g/mol. The third kappa shape index (κ3) is 2.45. The van der Waals surface area contributed by atoms with Gasteiger partial charge in [0.2, 0.25) is 0 Å². The van der Waals surface area contributed by atoms with Gasteiger partial charge in [0.05, 0.1) is 0 Å². The van der Waals surface area contributed by atoms with Crippen LogP contribution in [0, 0.1) is 18.6 Å². The highest BCUT2D eigenvalue weighted by atomic mass is 19.1. The minimum Gasteiger partial charge on any atom is -0.207 e. The fourth-order valence-corrected chi connectivity index (χ4v) is 1.59. The molecule has 82 valence electrons. The minimum atomic E-state index is -0.537. The molecule has 0 saturated carbocycles. The fourth-order valence-electron chi connectivity index (χ4n) is 1.59. The van der Waals surface area contributed by atoms with Gasteiger partial charge in [0.15, 0.2) is 0 Å². The van der Waals surface area contributed by atoms with Crippen LogP contribution in [0.5, 0.6) is 0 Å². The third-order valence-corrected chi connectivity index (χ3v) is 2.53. The number of hydrogen-bond acceptors (Lipinski definition) is 0. The van der Waals surface area contributed by atoms with Crippen molar-refractivity contribution in [2.24, 2.45) is 0 Å². The summed E-state index contributed by atoms with van der Waals surface area (Å²) >= 11 is 0. The van der Waals surface area contributed by atoms with Crippen molar-refractivity contribution in [1.82, 2.24) is 0 Å². The van der Waals surface area contributed by atoms with Gasteiger partial charge >= 0.3 is 0 Å². The molecule has 0 nitrogen and oxygen atoms in total. The molecule has 16 heavy (non-hydrogen) atoms. The topological polar surface area (TPSA) is 0 Å². The third-order valence-electron chi connectivity index (χ3n) is 2.53. The first-order valence-electron chi connectivity index (χ1n) is 5.14. The van der Waals surface area contributed by atoms with Crippen molar-refractivity contribution < 1.29 is 8.78 Å². The van der Waals surface area contributed by atoms with E-state index < -0.39 is 11.6 Å². The molecule has 0 saturated heterocycles. The first-order chi connectivity index (χ1) is 7.65. The van der Waals surface area contributed by atoms with Gasteiger partial charge in [-0.1, -0.05) is 35.9 Å². The van der Waals surface area contributed by atoms with E-state index in [-0.39, 0.29) is 0 Å². The number of rotatable bonds is 2. The maximum absolute atomic E-state index is 13.4. The molecule has 0 amide bonds. The molecular weight excluding hydrogens is 206 g/mol. The van der Waals surface area contributed by atoms with Crippen LogP contribution >= 0.6 is 0 Å². The molecule has 0 aliphatic rings. The highest BCUT2D eigenvalue weighted by molar-refractivity contribution is 5.29. The Morgan fingerprint density at radius 3 is 2.25 bits per heavy atom. The summed E-state index contributed by atoms with van der Waals surface area (Å²) in [7, 11) is 0. The van der Waals surface area contributed by atoms with Crippen LogP contribution in [0.25, 0.3) is 0 Å². The highest BCUT2D eigenvalue weighted by Crippen LogP contribution is 2.15. The van der Waals surface area contributed by atoms with Gasteiger partial charge in [0.1, 0.15) is 11.6 Å². The van der Waals surface area contributed by atoms with Crippen LogP contribution < -0.4 is 0 Å². The zero-order valence-electron chi connectivity index (χ0n) is 9.00. The fraction of sp³-hybridized carbons (Fsp3) is 0.143. The molecule has 0 unspecified atom stereocenters. The molecule has 2 aromatic rings. The Balaban J connectivity index is 2.23. The van der Waals surface area contributed by atoms with Crippen LogP contribution in [0.2, 0.25) is 0 Å². The summed E-state index contributed by atoms with van der Waals surface area (Å²) in [4.78, 5) is 0. The second-order valence-corrected chi connectivity index (χ2v) is 3.90. The van der Waals surface area contributed by atoms with E-state index in [0.717, 1.165) is 11.6 Å². The lowest BCUT2D eigenvalue weighted by Gasteiger charge is -2.04. The SMILES string of the molecule is Cc1ccc(Cc2ccc(F)cc2F)cc1. The summed E-state index contributed by atoms with van der Waals surface area (Å²) in [6.45, 7) is 2.00. The largest absolute Gasteiger partial charge is 0.207 e. The zero-order valence-corrected chi connectivity index (χ0v) is 9.00. The first kappa shape index (κ1) is 10.8. The molecular formula is C14H12F2.